The van der Waals surface area contributed by atoms with E-state index in [1.807, 2.05) is 0 Å². The highest BCUT2D eigenvalue weighted by atomic mass is 32.1. The third-order valence-electron chi connectivity index (χ3n) is 3.75. The second-order valence-corrected chi connectivity index (χ2v) is 7.05. The van der Waals surface area contributed by atoms with Crippen molar-refractivity contribution in [2.24, 2.45) is 17.8 Å². The van der Waals surface area contributed by atoms with Gasteiger partial charge in [0.05, 0.1) is 10.2 Å². The topological polar surface area (TPSA) is 24.9 Å². The molecule has 3 heteroatoms. The summed E-state index contributed by atoms with van der Waals surface area (Å²) in [5.74, 6) is 2.09. The van der Waals surface area contributed by atoms with Crippen LogP contribution in [0.2, 0.25) is 0 Å². The molecule has 2 rings (SSSR count). The molecule has 2 nitrogen and oxygen atoms in total. The molecule has 0 saturated carbocycles. The van der Waals surface area contributed by atoms with E-state index >= 15 is 0 Å². The van der Waals surface area contributed by atoms with Gasteiger partial charge in [0.1, 0.15) is 0 Å². The number of hydrogen-bond acceptors (Lipinski definition) is 3. The molecule has 0 aliphatic carbocycles. The van der Waals surface area contributed by atoms with Gasteiger partial charge in [0.15, 0.2) is 5.13 Å². The van der Waals surface area contributed by atoms with Gasteiger partial charge < -0.3 is 5.32 Å². The molecule has 0 bridgehead atoms. The maximum Gasteiger partial charge on any atom is 0.183 e. The van der Waals surface area contributed by atoms with Crippen LogP contribution in [0.15, 0.2) is 18.2 Å². The van der Waals surface area contributed by atoms with Crippen LogP contribution < -0.4 is 5.32 Å². The summed E-state index contributed by atoms with van der Waals surface area (Å²) in [6.07, 6.45) is 0. The number of thiazole rings is 1. The summed E-state index contributed by atoms with van der Waals surface area (Å²) in [6, 6.07) is 6.44. The van der Waals surface area contributed by atoms with Gasteiger partial charge in [0.2, 0.25) is 0 Å². The molecule has 0 aliphatic rings. The van der Waals surface area contributed by atoms with Crippen molar-refractivity contribution in [3.8, 4) is 0 Å². The Bertz CT molecular complexity index is 535. The number of benzene rings is 1. The molecular formula is C16H24N2S. The standard InChI is InChI=1S/C16H24N2S/c1-10(2)13(11(3)4)9-17-16-18-14-7-6-12(5)8-15(14)19-16/h6-8,10-11,13H,9H2,1-5H3,(H,17,18). The van der Waals surface area contributed by atoms with Crippen molar-refractivity contribution in [1.82, 2.24) is 4.98 Å². The Hall–Kier alpha value is -1.09. The van der Waals surface area contributed by atoms with Crippen LogP contribution in [0.4, 0.5) is 5.13 Å². The maximum atomic E-state index is 4.65. The van der Waals surface area contributed by atoms with Crippen molar-refractivity contribution in [1.29, 1.82) is 0 Å². The second kappa shape index (κ2) is 5.91. The third-order valence-corrected chi connectivity index (χ3v) is 4.72. The van der Waals surface area contributed by atoms with Crippen molar-refractivity contribution in [3.63, 3.8) is 0 Å². The summed E-state index contributed by atoms with van der Waals surface area (Å²) in [5, 5.41) is 4.57. The molecule has 0 saturated heterocycles. The zero-order valence-corrected chi connectivity index (χ0v) is 13.3. The average Bonchev–Trinajstić information content (AvgIpc) is 2.70. The Morgan fingerprint density at radius 1 is 1.16 bits per heavy atom. The minimum absolute atomic E-state index is 0.689. The van der Waals surface area contributed by atoms with Crippen LogP contribution in [0.25, 0.3) is 10.2 Å². The lowest BCUT2D eigenvalue weighted by atomic mass is 9.86. The molecule has 0 amide bonds. The molecule has 1 N–H and O–H groups in total. The van der Waals surface area contributed by atoms with Gasteiger partial charge in [-0.25, -0.2) is 4.98 Å². The van der Waals surface area contributed by atoms with Crippen LogP contribution in [-0.2, 0) is 0 Å². The van der Waals surface area contributed by atoms with Crippen LogP contribution in [0.1, 0.15) is 33.3 Å². The van der Waals surface area contributed by atoms with Crippen LogP contribution in [0.5, 0.6) is 0 Å². The summed E-state index contributed by atoms with van der Waals surface area (Å²) >= 11 is 1.75. The van der Waals surface area contributed by atoms with Gasteiger partial charge in [-0.15, -0.1) is 0 Å². The number of rotatable bonds is 5. The number of fused-ring (bicyclic) bond motifs is 1. The first kappa shape index (κ1) is 14.3. The van der Waals surface area contributed by atoms with Gasteiger partial charge in [-0.05, 0) is 42.4 Å². The van der Waals surface area contributed by atoms with E-state index in [2.05, 4.69) is 63.1 Å². The number of anilines is 1. The average molecular weight is 276 g/mol. The van der Waals surface area contributed by atoms with Crippen LogP contribution in [-0.4, -0.2) is 11.5 Å². The molecule has 1 aromatic carbocycles. The molecule has 0 unspecified atom stereocenters. The first-order valence-electron chi connectivity index (χ1n) is 7.08. The lowest BCUT2D eigenvalue weighted by molar-refractivity contribution is 0.304. The van der Waals surface area contributed by atoms with Gasteiger partial charge >= 0.3 is 0 Å². The zero-order valence-electron chi connectivity index (χ0n) is 12.5. The predicted molar refractivity (Wildman–Crippen MR) is 86.0 cm³/mol. The Morgan fingerprint density at radius 2 is 1.84 bits per heavy atom. The second-order valence-electron chi connectivity index (χ2n) is 6.02. The van der Waals surface area contributed by atoms with Gasteiger partial charge in [-0.1, -0.05) is 45.1 Å². The Labute approximate surface area is 120 Å². The Morgan fingerprint density at radius 3 is 2.47 bits per heavy atom. The van der Waals surface area contributed by atoms with E-state index in [4.69, 9.17) is 0 Å². The molecular weight excluding hydrogens is 252 g/mol. The number of nitrogens with one attached hydrogen (secondary N) is 1. The summed E-state index contributed by atoms with van der Waals surface area (Å²) in [5.41, 5.74) is 2.40. The van der Waals surface area contributed by atoms with Gasteiger partial charge in [0, 0.05) is 6.54 Å². The van der Waals surface area contributed by atoms with Crippen LogP contribution in [0, 0.1) is 24.7 Å². The van der Waals surface area contributed by atoms with Crippen LogP contribution >= 0.6 is 11.3 Å². The highest BCUT2D eigenvalue weighted by Crippen LogP contribution is 2.28. The first-order chi connectivity index (χ1) is 8.97. The summed E-state index contributed by atoms with van der Waals surface area (Å²) in [7, 11) is 0. The molecule has 104 valence electrons. The smallest absolute Gasteiger partial charge is 0.183 e. The van der Waals surface area contributed by atoms with E-state index in [1.165, 1.54) is 10.3 Å². The molecule has 1 aromatic heterocycles. The molecule has 0 radical (unpaired) electrons. The monoisotopic (exact) mass is 276 g/mol. The molecule has 0 aliphatic heterocycles. The quantitative estimate of drug-likeness (QED) is 0.836. The Kier molecular flexibility index (Phi) is 4.46. The molecule has 1 heterocycles. The SMILES string of the molecule is Cc1ccc2nc(NCC(C(C)C)C(C)C)sc2c1. The van der Waals surface area contributed by atoms with Crippen molar-refractivity contribution >= 4 is 26.7 Å². The van der Waals surface area contributed by atoms with E-state index in [1.54, 1.807) is 11.3 Å². The molecule has 19 heavy (non-hydrogen) atoms. The van der Waals surface area contributed by atoms with E-state index in [9.17, 15) is 0 Å². The molecule has 0 spiro atoms. The summed E-state index contributed by atoms with van der Waals surface area (Å²) in [4.78, 5) is 4.65. The zero-order chi connectivity index (χ0) is 14.0. The Balaban J connectivity index is 2.09. The maximum absolute atomic E-state index is 4.65. The lowest BCUT2D eigenvalue weighted by Crippen LogP contribution is -2.24. The van der Waals surface area contributed by atoms with Crippen molar-refractivity contribution in [2.75, 3.05) is 11.9 Å². The lowest BCUT2D eigenvalue weighted by Gasteiger charge is -2.24. The fourth-order valence-corrected chi connectivity index (χ4v) is 3.52. The third kappa shape index (κ3) is 3.47. The highest BCUT2D eigenvalue weighted by Gasteiger charge is 2.17. The van der Waals surface area contributed by atoms with Gasteiger partial charge in [0.25, 0.3) is 0 Å². The van der Waals surface area contributed by atoms with Crippen LogP contribution in [0.3, 0.4) is 0 Å². The van der Waals surface area contributed by atoms with Gasteiger partial charge in [-0.2, -0.15) is 0 Å². The first-order valence-corrected chi connectivity index (χ1v) is 7.90. The molecule has 0 atom stereocenters. The fourth-order valence-electron chi connectivity index (χ4n) is 2.55. The number of aromatic nitrogens is 1. The van der Waals surface area contributed by atoms with Crippen molar-refractivity contribution in [2.45, 2.75) is 34.6 Å². The predicted octanol–water partition coefficient (Wildman–Crippen LogP) is 4.94. The normalized spacial score (nSPS) is 12.0. The summed E-state index contributed by atoms with van der Waals surface area (Å²) < 4.78 is 1.27. The van der Waals surface area contributed by atoms with Gasteiger partial charge in [-0.3, -0.25) is 0 Å². The van der Waals surface area contributed by atoms with Crippen molar-refractivity contribution < 1.29 is 0 Å². The van der Waals surface area contributed by atoms with E-state index < -0.39 is 0 Å². The number of hydrogen-bond donors (Lipinski definition) is 1. The largest absolute Gasteiger partial charge is 0.361 e. The van der Waals surface area contributed by atoms with E-state index in [0.29, 0.717) is 17.8 Å². The van der Waals surface area contributed by atoms with E-state index in [0.717, 1.165) is 17.2 Å². The van der Waals surface area contributed by atoms with E-state index in [-0.39, 0.29) is 0 Å². The van der Waals surface area contributed by atoms with Crippen molar-refractivity contribution in [3.05, 3.63) is 23.8 Å². The molecule has 2 aromatic rings. The fraction of sp³-hybridized carbons (Fsp3) is 0.562. The minimum Gasteiger partial charge on any atom is -0.361 e. The summed E-state index contributed by atoms with van der Waals surface area (Å²) in [6.45, 7) is 12.3. The number of aryl methyl sites for hydroxylation is 1. The highest BCUT2D eigenvalue weighted by molar-refractivity contribution is 7.22. The molecule has 0 fully saturated rings. The minimum atomic E-state index is 0.689. The number of nitrogens with zero attached hydrogens (tertiary/aromatic N) is 1.